The molecule has 0 saturated carbocycles. The number of thiocarbonyl (C=S) groups is 2. The molecule has 0 spiro atoms. The summed E-state index contributed by atoms with van der Waals surface area (Å²) in [7, 11) is 0. The van der Waals surface area contributed by atoms with E-state index in [1.165, 1.54) is 0 Å². The molecule has 0 bridgehead atoms. The summed E-state index contributed by atoms with van der Waals surface area (Å²) in [6.45, 7) is 11.9. The van der Waals surface area contributed by atoms with Crippen LogP contribution in [0.5, 0.6) is 0 Å². The molecule has 0 radical (unpaired) electrons. The second-order valence-electron chi connectivity index (χ2n) is 2.88. The van der Waals surface area contributed by atoms with E-state index in [2.05, 4.69) is 18.0 Å². The van der Waals surface area contributed by atoms with Crippen molar-refractivity contribution >= 4 is 96.9 Å². The van der Waals surface area contributed by atoms with Gasteiger partial charge in [-0.05, 0) is 27.7 Å². The Kier molecular flexibility index (Phi) is 26.0. The van der Waals surface area contributed by atoms with Crippen LogP contribution in [0.2, 0.25) is 0 Å². The van der Waals surface area contributed by atoms with Crippen LogP contribution in [0.4, 0.5) is 0 Å². The molecule has 0 aromatic heterocycles. The Morgan fingerprint density at radius 2 is 1.00 bits per heavy atom. The van der Waals surface area contributed by atoms with E-state index in [0.29, 0.717) is 8.64 Å². The number of rotatable bonds is 4. The zero-order valence-corrected chi connectivity index (χ0v) is 21.2. The number of hydrogen-bond donors (Lipinski definition) is 0. The van der Waals surface area contributed by atoms with E-state index < -0.39 is 0 Å². The molecule has 108 valence electrons. The van der Waals surface area contributed by atoms with Crippen LogP contribution in [0.3, 0.4) is 0 Å². The predicted molar refractivity (Wildman–Crippen MR) is 108 cm³/mol. The third kappa shape index (κ3) is 15.9. The molecule has 0 aliphatic carbocycles. The van der Waals surface area contributed by atoms with Crippen LogP contribution in [0.25, 0.3) is 0 Å². The van der Waals surface area contributed by atoms with Crippen molar-refractivity contribution in [2.45, 2.75) is 27.7 Å². The van der Waals surface area contributed by atoms with Gasteiger partial charge in [-0.3, -0.25) is 0 Å². The van der Waals surface area contributed by atoms with Gasteiger partial charge in [0.15, 0.2) is 0 Å². The second kappa shape index (κ2) is 18.8. The van der Waals surface area contributed by atoms with Crippen molar-refractivity contribution in [3.8, 4) is 0 Å². The van der Waals surface area contributed by atoms with Gasteiger partial charge in [-0.1, -0.05) is 8.64 Å². The molecule has 0 amide bonds. The van der Waals surface area contributed by atoms with Gasteiger partial charge < -0.3 is 59.5 Å². The summed E-state index contributed by atoms with van der Waals surface area (Å²) in [5.41, 5.74) is 0. The molecule has 0 saturated heterocycles. The Hall–Kier alpha value is 1.83. The average molecular weight is 634 g/mol. The molecule has 0 N–H and O–H groups in total. The van der Waals surface area contributed by atoms with Crippen LogP contribution in [-0.4, -0.2) is 65.1 Å². The minimum absolute atomic E-state index is 0.579. The van der Waals surface area contributed by atoms with Crippen molar-refractivity contribution in [1.29, 1.82) is 0 Å². The first-order valence-corrected chi connectivity index (χ1v) is 19.8. The first kappa shape index (κ1) is 24.8. The molecular weight excluding hydrogens is 612 g/mol. The summed E-state index contributed by atoms with van der Waals surface area (Å²) >= 11 is 22.5. The summed E-state index contributed by atoms with van der Waals surface area (Å²) < 4.78 is 1.16. The quantitative estimate of drug-likeness (QED) is 0.202. The van der Waals surface area contributed by atoms with E-state index >= 15 is 0 Å². The van der Waals surface area contributed by atoms with E-state index in [0.717, 1.165) is 46.7 Å². The summed E-state index contributed by atoms with van der Waals surface area (Å²) in [5.74, 6) is 0. The van der Waals surface area contributed by atoms with Crippen molar-refractivity contribution < 1.29 is 0 Å². The normalized spacial score (nSPS) is 8.06. The van der Waals surface area contributed by atoms with Crippen molar-refractivity contribution in [2.75, 3.05) is 26.2 Å². The van der Waals surface area contributed by atoms with Gasteiger partial charge >= 0.3 is 38.6 Å². The molecule has 0 unspecified atom stereocenters. The third-order valence-corrected chi connectivity index (χ3v) is 3.08. The van der Waals surface area contributed by atoms with Crippen LogP contribution in [-0.2, 0) is 25.3 Å². The maximum atomic E-state index is 4.76. The van der Waals surface area contributed by atoms with Crippen LogP contribution >= 0.6 is 42.5 Å². The van der Waals surface area contributed by atoms with E-state index in [1.807, 2.05) is 37.5 Å². The summed E-state index contributed by atoms with van der Waals surface area (Å²) in [6.07, 6.45) is 0. The Labute approximate surface area is 158 Å². The maximum absolute atomic E-state index is 4.76. The van der Waals surface area contributed by atoms with E-state index in [1.54, 1.807) is 0 Å². The number of nitrogens with zero attached hydrogens (tertiary/aromatic N) is 2. The van der Waals surface area contributed by atoms with Gasteiger partial charge in [-0.15, -0.1) is 0 Å². The topological polar surface area (TPSA) is 6.48 Å². The molecule has 8 heteroatoms. The Balaban J connectivity index is -0.000000219. The van der Waals surface area contributed by atoms with Gasteiger partial charge in [0.2, 0.25) is 0 Å². The molecule has 0 rings (SSSR count). The monoisotopic (exact) mass is 634 g/mol. The van der Waals surface area contributed by atoms with Crippen LogP contribution in [0.15, 0.2) is 0 Å². The average Bonchev–Trinajstić information content (AvgIpc) is 2.34. The Morgan fingerprint density at radius 1 is 0.833 bits per heavy atom. The van der Waals surface area contributed by atoms with E-state index in [9.17, 15) is 0 Å². The second-order valence-corrected chi connectivity index (χ2v) is 4.94. The van der Waals surface area contributed by atoms with E-state index in [4.69, 9.17) is 49.7 Å². The molecule has 0 aromatic carbocycles. The molecule has 0 atom stereocenters. The minimum atomic E-state index is 0.579. The van der Waals surface area contributed by atoms with Gasteiger partial charge in [-0.2, -0.15) is 0 Å². The first-order chi connectivity index (χ1) is 8.44. The van der Waals surface area contributed by atoms with Crippen molar-refractivity contribution in [1.82, 2.24) is 9.80 Å². The molecule has 0 aliphatic rings. The third-order valence-electron chi connectivity index (χ3n) is 2.04. The Bertz CT molecular complexity index is 190. The number of halogens is 1. The van der Waals surface area contributed by atoms with Crippen LogP contribution in [0, 0.1) is 0 Å². The van der Waals surface area contributed by atoms with Crippen molar-refractivity contribution in [3.63, 3.8) is 0 Å². The number of hydrogen-bond acceptors (Lipinski definition) is 4. The van der Waals surface area contributed by atoms with Gasteiger partial charge in [0, 0.05) is 26.2 Å². The zero-order valence-electron chi connectivity index (χ0n) is 11.3. The van der Waals surface area contributed by atoms with Crippen LogP contribution < -0.4 is 0 Å². The predicted octanol–water partition coefficient (Wildman–Crippen LogP) is 2.29. The van der Waals surface area contributed by atoms with E-state index in [-0.39, 0.29) is 0 Å². The molecule has 0 fully saturated rings. The summed E-state index contributed by atoms with van der Waals surface area (Å²) in [6, 6.07) is 0. The first-order valence-electron chi connectivity index (χ1n) is 5.58. The molecular formula is C10H22BiIN2S4. The van der Waals surface area contributed by atoms with Gasteiger partial charge in [0.1, 0.15) is 0 Å². The SMILES string of the molecule is CCN(CC)C(=S)[S-].CCN(CC)C(=S)[S-].[I][BiH2+2]. The summed E-state index contributed by atoms with van der Waals surface area (Å²) in [4.78, 5) is 3.93. The molecule has 0 aliphatic heterocycles. The van der Waals surface area contributed by atoms with Gasteiger partial charge in [0.05, 0.1) is 0 Å². The fourth-order valence-electron chi connectivity index (χ4n) is 0.964. The molecule has 0 heterocycles. The standard InChI is InChI=1S/2C5H11NS2.Bi.HI.2H/c2*1-3-6(4-2)5(7)8;;;;/h2*3-4H2,1-2H3,(H,7,8);;1H;;/q;;+3;;;/p-3. The van der Waals surface area contributed by atoms with Crippen molar-refractivity contribution in [2.24, 2.45) is 0 Å². The van der Waals surface area contributed by atoms with Gasteiger partial charge in [0.25, 0.3) is 0 Å². The Morgan fingerprint density at radius 3 is 1.00 bits per heavy atom. The summed E-state index contributed by atoms with van der Waals surface area (Å²) in [5, 5.41) is 0. The van der Waals surface area contributed by atoms with Crippen LogP contribution in [0.1, 0.15) is 27.7 Å². The van der Waals surface area contributed by atoms with Gasteiger partial charge in [-0.25, -0.2) is 0 Å². The molecule has 2 nitrogen and oxygen atoms in total. The van der Waals surface area contributed by atoms with Crippen molar-refractivity contribution in [3.05, 3.63) is 0 Å². The fourth-order valence-corrected chi connectivity index (χ4v) is 2.00. The molecule has 18 heavy (non-hydrogen) atoms. The fraction of sp³-hybridized carbons (Fsp3) is 0.800. The zero-order chi connectivity index (χ0) is 15.1. The molecule has 0 aromatic rings.